The van der Waals surface area contributed by atoms with E-state index in [0.29, 0.717) is 8.95 Å². The monoisotopic (exact) mass is 370 g/mol. The van der Waals surface area contributed by atoms with Gasteiger partial charge in [0.25, 0.3) is 0 Å². The predicted octanol–water partition coefficient (Wildman–Crippen LogP) is 3.91. The molecule has 0 bridgehead atoms. The van der Waals surface area contributed by atoms with Crippen LogP contribution in [0.25, 0.3) is 6.08 Å². The summed E-state index contributed by atoms with van der Waals surface area (Å²) >= 11 is 6.22. The Bertz CT molecular complexity index is 461. The van der Waals surface area contributed by atoms with Crippen molar-refractivity contribution in [2.24, 2.45) is 0 Å². The van der Waals surface area contributed by atoms with Crippen LogP contribution in [0.4, 0.5) is 8.78 Å². The first kappa shape index (κ1) is 14.1. The Morgan fingerprint density at radius 3 is 2.59 bits per heavy atom. The lowest BCUT2D eigenvalue weighted by atomic mass is 10.2. The van der Waals surface area contributed by atoms with Gasteiger partial charge in [-0.25, -0.2) is 4.79 Å². The number of benzene rings is 1. The molecule has 1 aromatic rings. The van der Waals surface area contributed by atoms with Gasteiger partial charge in [0, 0.05) is 16.1 Å². The van der Waals surface area contributed by atoms with Gasteiger partial charge in [0.05, 0.1) is 4.47 Å². The highest BCUT2D eigenvalue weighted by atomic mass is 79.9. The summed E-state index contributed by atoms with van der Waals surface area (Å²) in [6, 6.07) is 3.05. The largest absolute Gasteiger partial charge is 0.478 e. The maximum Gasteiger partial charge on any atom is 0.387 e. The Morgan fingerprint density at radius 1 is 1.41 bits per heavy atom. The molecule has 0 radical (unpaired) electrons. The van der Waals surface area contributed by atoms with E-state index in [4.69, 9.17) is 5.11 Å². The van der Waals surface area contributed by atoms with Gasteiger partial charge in [-0.1, -0.05) is 6.07 Å². The van der Waals surface area contributed by atoms with Crippen molar-refractivity contribution in [3.05, 3.63) is 32.7 Å². The van der Waals surface area contributed by atoms with E-state index in [-0.39, 0.29) is 11.3 Å². The first-order chi connectivity index (χ1) is 7.91. The van der Waals surface area contributed by atoms with Crippen molar-refractivity contribution < 1.29 is 23.4 Å². The number of halogens is 4. The second kappa shape index (κ2) is 6.11. The van der Waals surface area contributed by atoms with Gasteiger partial charge >= 0.3 is 12.6 Å². The molecular weight excluding hydrogens is 366 g/mol. The van der Waals surface area contributed by atoms with Gasteiger partial charge in [-0.2, -0.15) is 8.78 Å². The zero-order valence-electron chi connectivity index (χ0n) is 8.16. The number of rotatable bonds is 4. The number of aliphatic carboxylic acids is 1. The van der Waals surface area contributed by atoms with E-state index >= 15 is 0 Å². The van der Waals surface area contributed by atoms with Gasteiger partial charge in [-0.3, -0.25) is 0 Å². The van der Waals surface area contributed by atoms with Crippen LogP contribution in [0.3, 0.4) is 0 Å². The summed E-state index contributed by atoms with van der Waals surface area (Å²) in [5, 5.41) is 8.47. The third kappa shape index (κ3) is 4.08. The summed E-state index contributed by atoms with van der Waals surface area (Å²) in [6.45, 7) is -2.99. The fourth-order valence-corrected chi connectivity index (χ4v) is 1.81. The standard InChI is InChI=1S/C10H6Br2F2O3/c11-6-3-1-5(2-4-7(15)16)9(8(6)12)17-10(13)14/h1-4,10H,(H,15,16)/b4-2+. The number of ether oxygens (including phenoxy) is 1. The van der Waals surface area contributed by atoms with Crippen LogP contribution < -0.4 is 4.74 Å². The average Bonchev–Trinajstić information content (AvgIpc) is 2.23. The molecule has 0 saturated heterocycles. The van der Waals surface area contributed by atoms with Crippen molar-refractivity contribution in [3.63, 3.8) is 0 Å². The third-order valence-electron chi connectivity index (χ3n) is 1.69. The lowest BCUT2D eigenvalue weighted by molar-refractivity contribution is -0.131. The molecule has 0 unspecified atom stereocenters. The van der Waals surface area contributed by atoms with Crippen LogP contribution in [0.1, 0.15) is 5.56 Å². The summed E-state index contributed by atoms with van der Waals surface area (Å²) in [5.41, 5.74) is 0.239. The second-order valence-electron chi connectivity index (χ2n) is 2.83. The SMILES string of the molecule is O=C(O)/C=C/c1ccc(Br)c(Br)c1OC(F)F. The van der Waals surface area contributed by atoms with Crippen molar-refractivity contribution in [2.75, 3.05) is 0 Å². The molecule has 0 spiro atoms. The molecule has 0 amide bonds. The van der Waals surface area contributed by atoms with Crippen LogP contribution in [-0.4, -0.2) is 17.7 Å². The molecule has 0 fully saturated rings. The first-order valence-electron chi connectivity index (χ1n) is 4.25. The molecule has 0 heterocycles. The van der Waals surface area contributed by atoms with Crippen molar-refractivity contribution in [1.82, 2.24) is 0 Å². The van der Waals surface area contributed by atoms with Crippen molar-refractivity contribution in [2.45, 2.75) is 6.61 Å². The molecule has 0 aliphatic carbocycles. The molecule has 0 aliphatic rings. The first-order valence-corrected chi connectivity index (χ1v) is 5.84. The maximum absolute atomic E-state index is 12.2. The summed E-state index contributed by atoms with van der Waals surface area (Å²) in [6.07, 6.45) is 2.02. The summed E-state index contributed by atoms with van der Waals surface area (Å²) < 4.78 is 29.6. The van der Waals surface area contributed by atoms with Crippen molar-refractivity contribution >= 4 is 43.9 Å². The highest BCUT2D eigenvalue weighted by Crippen LogP contribution is 2.37. The van der Waals surface area contributed by atoms with Crippen molar-refractivity contribution in [3.8, 4) is 5.75 Å². The van der Waals surface area contributed by atoms with Gasteiger partial charge in [0.1, 0.15) is 5.75 Å². The van der Waals surface area contributed by atoms with Gasteiger partial charge in [-0.15, -0.1) is 0 Å². The minimum atomic E-state index is -2.99. The molecule has 1 N–H and O–H groups in total. The summed E-state index contributed by atoms with van der Waals surface area (Å²) in [5.74, 6) is -1.29. The number of carboxylic acids is 1. The van der Waals surface area contributed by atoms with Crippen LogP contribution in [0.2, 0.25) is 0 Å². The fraction of sp³-hybridized carbons (Fsp3) is 0.100. The lowest BCUT2D eigenvalue weighted by Crippen LogP contribution is -2.04. The molecule has 0 atom stereocenters. The number of carbonyl (C=O) groups is 1. The van der Waals surface area contributed by atoms with Crippen LogP contribution >= 0.6 is 31.9 Å². The Hall–Kier alpha value is -0.950. The van der Waals surface area contributed by atoms with Gasteiger partial charge < -0.3 is 9.84 Å². The normalized spacial score (nSPS) is 11.1. The molecule has 1 aromatic carbocycles. The van der Waals surface area contributed by atoms with Crippen LogP contribution in [-0.2, 0) is 4.79 Å². The predicted molar refractivity (Wildman–Crippen MR) is 65.1 cm³/mol. The van der Waals surface area contributed by atoms with E-state index < -0.39 is 12.6 Å². The van der Waals surface area contributed by atoms with E-state index in [0.717, 1.165) is 6.08 Å². The van der Waals surface area contributed by atoms with E-state index in [1.165, 1.54) is 12.1 Å². The maximum atomic E-state index is 12.2. The van der Waals surface area contributed by atoms with E-state index in [2.05, 4.69) is 36.6 Å². The minimum absolute atomic E-state index is 0.119. The Balaban J connectivity index is 3.20. The quantitative estimate of drug-likeness (QED) is 0.816. The number of carboxylic acid groups (broad SMARTS) is 1. The number of hydrogen-bond acceptors (Lipinski definition) is 2. The Morgan fingerprint density at radius 2 is 2.06 bits per heavy atom. The molecule has 0 aliphatic heterocycles. The lowest BCUT2D eigenvalue weighted by Gasteiger charge is -2.11. The molecular formula is C10H6Br2F2O3. The Kier molecular flexibility index (Phi) is 5.07. The zero-order valence-corrected chi connectivity index (χ0v) is 11.3. The molecule has 0 aromatic heterocycles. The van der Waals surface area contributed by atoms with Crippen LogP contribution in [0.15, 0.2) is 27.2 Å². The van der Waals surface area contributed by atoms with Gasteiger partial charge in [-0.05, 0) is 44.0 Å². The van der Waals surface area contributed by atoms with E-state index in [1.807, 2.05) is 0 Å². The topological polar surface area (TPSA) is 46.5 Å². The van der Waals surface area contributed by atoms with E-state index in [1.54, 1.807) is 6.07 Å². The second-order valence-corrected chi connectivity index (χ2v) is 4.48. The molecule has 1 rings (SSSR count). The smallest absolute Gasteiger partial charge is 0.387 e. The van der Waals surface area contributed by atoms with E-state index in [9.17, 15) is 13.6 Å². The van der Waals surface area contributed by atoms with Crippen molar-refractivity contribution in [1.29, 1.82) is 0 Å². The average molecular weight is 372 g/mol. The van der Waals surface area contributed by atoms with Crippen LogP contribution in [0, 0.1) is 0 Å². The summed E-state index contributed by atoms with van der Waals surface area (Å²) in [7, 11) is 0. The highest BCUT2D eigenvalue weighted by molar-refractivity contribution is 9.13. The number of alkyl halides is 2. The third-order valence-corrected chi connectivity index (χ3v) is 3.67. The fourth-order valence-electron chi connectivity index (χ4n) is 1.05. The highest BCUT2D eigenvalue weighted by Gasteiger charge is 2.14. The van der Waals surface area contributed by atoms with Gasteiger partial charge in [0.2, 0.25) is 0 Å². The Labute approximate surface area is 112 Å². The molecule has 0 saturated carbocycles. The zero-order chi connectivity index (χ0) is 13.0. The molecule has 17 heavy (non-hydrogen) atoms. The van der Waals surface area contributed by atoms with Crippen LogP contribution in [0.5, 0.6) is 5.75 Å². The molecule has 92 valence electrons. The molecule has 7 heteroatoms. The summed E-state index contributed by atoms with van der Waals surface area (Å²) in [4.78, 5) is 10.4. The number of hydrogen-bond donors (Lipinski definition) is 1. The minimum Gasteiger partial charge on any atom is -0.478 e. The molecule has 3 nitrogen and oxygen atoms in total. The van der Waals surface area contributed by atoms with Gasteiger partial charge in [0.15, 0.2) is 0 Å².